The third-order valence-electron chi connectivity index (χ3n) is 3.42. The van der Waals surface area contributed by atoms with Crippen molar-refractivity contribution < 1.29 is 14.3 Å². The van der Waals surface area contributed by atoms with Gasteiger partial charge in [0.15, 0.2) is 6.61 Å². The minimum absolute atomic E-state index is 0.214. The molecule has 0 aromatic heterocycles. The van der Waals surface area contributed by atoms with Gasteiger partial charge in [0.2, 0.25) is 5.91 Å². The number of nitrogens with one attached hydrogen (secondary N) is 2. The molecule has 2 aromatic carbocycles. The van der Waals surface area contributed by atoms with Gasteiger partial charge in [-0.1, -0.05) is 34.8 Å². The summed E-state index contributed by atoms with van der Waals surface area (Å²) in [6.07, 6.45) is 0. The van der Waals surface area contributed by atoms with Crippen LogP contribution in [0.15, 0.2) is 30.3 Å². The molecule has 0 bridgehead atoms. The van der Waals surface area contributed by atoms with E-state index in [0.29, 0.717) is 26.5 Å². The van der Waals surface area contributed by atoms with E-state index in [2.05, 4.69) is 10.6 Å². The fourth-order valence-corrected chi connectivity index (χ4v) is 2.94. The van der Waals surface area contributed by atoms with Gasteiger partial charge in [-0.2, -0.15) is 0 Å². The molecule has 2 aromatic rings. The molecule has 0 heterocycles. The lowest BCUT2D eigenvalue weighted by Crippen LogP contribution is -2.35. The number of anilines is 1. The second-order valence-electron chi connectivity index (χ2n) is 5.61. The van der Waals surface area contributed by atoms with Crippen molar-refractivity contribution in [2.45, 2.75) is 13.8 Å². The molecule has 0 radical (unpaired) electrons. The Morgan fingerprint density at radius 1 is 0.962 bits per heavy atom. The van der Waals surface area contributed by atoms with Gasteiger partial charge in [0.25, 0.3) is 5.91 Å². The fourth-order valence-electron chi connectivity index (χ4n) is 2.28. The van der Waals surface area contributed by atoms with Gasteiger partial charge in [0.05, 0.1) is 17.3 Å². The third kappa shape index (κ3) is 5.80. The van der Waals surface area contributed by atoms with Crippen molar-refractivity contribution in [3.8, 4) is 5.75 Å². The molecule has 5 nitrogen and oxygen atoms in total. The van der Waals surface area contributed by atoms with Crippen molar-refractivity contribution in [1.82, 2.24) is 5.32 Å². The zero-order chi connectivity index (χ0) is 19.3. The minimum atomic E-state index is -0.429. The molecule has 0 aliphatic heterocycles. The normalized spacial score (nSPS) is 10.3. The Morgan fingerprint density at radius 3 is 2.27 bits per heavy atom. The molecule has 0 aliphatic rings. The van der Waals surface area contributed by atoms with E-state index in [1.807, 2.05) is 13.8 Å². The highest BCUT2D eigenvalue weighted by atomic mass is 35.5. The smallest absolute Gasteiger partial charge is 0.258 e. The summed E-state index contributed by atoms with van der Waals surface area (Å²) in [7, 11) is 0. The van der Waals surface area contributed by atoms with Gasteiger partial charge in [-0.05, 0) is 55.3 Å². The first-order valence-electron chi connectivity index (χ1n) is 7.67. The number of carbonyl (C=O) groups is 2. The molecule has 2 rings (SSSR count). The van der Waals surface area contributed by atoms with Crippen LogP contribution in [0, 0.1) is 13.8 Å². The van der Waals surface area contributed by atoms with Crippen LogP contribution in [0.2, 0.25) is 15.1 Å². The van der Waals surface area contributed by atoms with Crippen LogP contribution in [0.4, 0.5) is 5.69 Å². The van der Waals surface area contributed by atoms with E-state index in [1.54, 1.807) is 24.3 Å². The van der Waals surface area contributed by atoms with Gasteiger partial charge < -0.3 is 15.4 Å². The van der Waals surface area contributed by atoms with Crippen LogP contribution in [0.5, 0.6) is 5.75 Å². The molecule has 0 unspecified atom stereocenters. The monoisotopic (exact) mass is 414 g/mol. The van der Waals surface area contributed by atoms with Crippen LogP contribution in [0.25, 0.3) is 0 Å². The number of hydrogen-bond donors (Lipinski definition) is 2. The molecule has 2 N–H and O–H groups in total. The van der Waals surface area contributed by atoms with E-state index in [4.69, 9.17) is 39.5 Å². The number of halogens is 3. The molecular weight excluding hydrogens is 399 g/mol. The summed E-state index contributed by atoms with van der Waals surface area (Å²) in [5.74, 6) is -0.257. The number of benzene rings is 2. The highest BCUT2D eigenvalue weighted by molar-refractivity contribution is 6.35. The van der Waals surface area contributed by atoms with Crippen molar-refractivity contribution in [2.24, 2.45) is 0 Å². The zero-order valence-electron chi connectivity index (χ0n) is 14.2. The Balaban J connectivity index is 1.83. The van der Waals surface area contributed by atoms with Crippen LogP contribution in [0.3, 0.4) is 0 Å². The van der Waals surface area contributed by atoms with Crippen LogP contribution < -0.4 is 15.4 Å². The Kier molecular flexibility index (Phi) is 7.14. The van der Waals surface area contributed by atoms with E-state index < -0.39 is 11.8 Å². The highest BCUT2D eigenvalue weighted by Gasteiger charge is 2.11. The number of rotatable bonds is 6. The lowest BCUT2D eigenvalue weighted by Gasteiger charge is -2.13. The van der Waals surface area contributed by atoms with Gasteiger partial charge >= 0.3 is 0 Å². The molecule has 0 fully saturated rings. The highest BCUT2D eigenvalue weighted by Crippen LogP contribution is 2.27. The minimum Gasteiger partial charge on any atom is -0.483 e. The Bertz CT molecular complexity index is 817. The predicted octanol–water partition coefficient (Wildman–Crippen LogP) is 4.40. The predicted molar refractivity (Wildman–Crippen MR) is 105 cm³/mol. The van der Waals surface area contributed by atoms with E-state index in [9.17, 15) is 9.59 Å². The third-order valence-corrected chi connectivity index (χ3v) is 4.20. The number of carbonyl (C=O) groups excluding carboxylic acids is 2. The molecular formula is C18H17Cl3N2O3. The van der Waals surface area contributed by atoms with Crippen molar-refractivity contribution in [2.75, 3.05) is 18.5 Å². The van der Waals surface area contributed by atoms with Crippen molar-refractivity contribution in [1.29, 1.82) is 0 Å². The molecule has 0 spiro atoms. The maximum atomic E-state index is 11.9. The summed E-state index contributed by atoms with van der Waals surface area (Å²) in [6.45, 7) is 3.25. The summed E-state index contributed by atoms with van der Waals surface area (Å²) in [4.78, 5) is 23.8. The quantitative estimate of drug-likeness (QED) is 0.735. The summed E-state index contributed by atoms with van der Waals surface area (Å²) < 4.78 is 5.53. The van der Waals surface area contributed by atoms with Crippen molar-refractivity contribution in [3.05, 3.63) is 56.5 Å². The first kappa shape index (κ1) is 20.4. The SMILES string of the molecule is Cc1cc(Cl)cc(C)c1OCC(=O)NCC(=O)Nc1cc(Cl)ccc1Cl. The molecule has 138 valence electrons. The number of aryl methyl sites for hydroxylation is 2. The molecule has 2 amide bonds. The number of ether oxygens (including phenoxy) is 1. The van der Waals surface area contributed by atoms with Gasteiger partial charge in [-0.15, -0.1) is 0 Å². The molecule has 8 heteroatoms. The first-order chi connectivity index (χ1) is 12.3. The van der Waals surface area contributed by atoms with Gasteiger partial charge in [0, 0.05) is 10.0 Å². The van der Waals surface area contributed by atoms with E-state index >= 15 is 0 Å². The second-order valence-corrected chi connectivity index (χ2v) is 6.89. The maximum Gasteiger partial charge on any atom is 0.258 e. The van der Waals surface area contributed by atoms with Crippen molar-refractivity contribution in [3.63, 3.8) is 0 Å². The molecule has 0 saturated carbocycles. The summed E-state index contributed by atoms with van der Waals surface area (Å²) in [6, 6.07) is 8.22. The van der Waals surface area contributed by atoms with Crippen LogP contribution in [0.1, 0.15) is 11.1 Å². The Hall–Kier alpha value is -1.95. The lowest BCUT2D eigenvalue weighted by molar-refractivity contribution is -0.125. The topological polar surface area (TPSA) is 67.4 Å². The molecule has 0 atom stereocenters. The van der Waals surface area contributed by atoms with Crippen molar-refractivity contribution >= 4 is 52.3 Å². The fraction of sp³-hybridized carbons (Fsp3) is 0.222. The number of hydrogen-bond acceptors (Lipinski definition) is 3. The largest absolute Gasteiger partial charge is 0.483 e. The number of amides is 2. The van der Waals surface area contributed by atoms with E-state index in [0.717, 1.165) is 11.1 Å². The summed E-state index contributed by atoms with van der Waals surface area (Å²) in [5, 5.41) is 6.46. The lowest BCUT2D eigenvalue weighted by atomic mass is 10.1. The summed E-state index contributed by atoms with van der Waals surface area (Å²) in [5.41, 5.74) is 2.04. The molecule has 0 saturated heterocycles. The molecule has 26 heavy (non-hydrogen) atoms. The maximum absolute atomic E-state index is 11.9. The van der Waals surface area contributed by atoms with E-state index in [-0.39, 0.29) is 13.2 Å². The van der Waals surface area contributed by atoms with E-state index in [1.165, 1.54) is 6.07 Å². The molecule has 0 aliphatic carbocycles. The zero-order valence-corrected chi connectivity index (χ0v) is 16.4. The second kappa shape index (κ2) is 9.12. The average molecular weight is 416 g/mol. The Morgan fingerprint density at radius 2 is 1.62 bits per heavy atom. The first-order valence-corrected chi connectivity index (χ1v) is 8.81. The van der Waals surface area contributed by atoms with Crippen LogP contribution >= 0.6 is 34.8 Å². The standard InChI is InChI=1S/C18H17Cl3N2O3/c1-10-5-13(20)6-11(2)18(10)26-9-17(25)22-8-16(24)23-15-7-12(19)3-4-14(15)21/h3-7H,8-9H2,1-2H3,(H,22,25)(H,23,24). The van der Waals surface area contributed by atoms with Crippen LogP contribution in [-0.4, -0.2) is 25.0 Å². The van der Waals surface area contributed by atoms with Gasteiger partial charge in [-0.3, -0.25) is 9.59 Å². The average Bonchev–Trinajstić information content (AvgIpc) is 2.55. The Labute approximate surface area is 166 Å². The van der Waals surface area contributed by atoms with Gasteiger partial charge in [0.1, 0.15) is 5.75 Å². The van der Waals surface area contributed by atoms with Gasteiger partial charge in [-0.25, -0.2) is 0 Å². The van der Waals surface area contributed by atoms with Crippen LogP contribution in [-0.2, 0) is 9.59 Å². The summed E-state index contributed by atoms with van der Waals surface area (Å²) >= 11 is 17.8.